The van der Waals surface area contributed by atoms with E-state index in [1.807, 2.05) is 0 Å². The number of ether oxygens (including phenoxy) is 1. The number of hydrogen-bond donors (Lipinski definition) is 0. The molecule has 2 rings (SSSR count). The van der Waals surface area contributed by atoms with E-state index in [9.17, 15) is 8.78 Å². The summed E-state index contributed by atoms with van der Waals surface area (Å²) >= 11 is 5.70. The number of hydrogen-bond acceptors (Lipinski definition) is 1. The number of fused-ring (bicyclic) bond motifs is 1. The van der Waals surface area contributed by atoms with Gasteiger partial charge in [0.05, 0.1) is 7.11 Å². The SMILES string of the molecule is COc1cc2ccc(Cl)cc2c(F)c1F. The van der Waals surface area contributed by atoms with Gasteiger partial charge in [0.2, 0.25) is 5.82 Å². The van der Waals surface area contributed by atoms with Crippen molar-refractivity contribution in [1.82, 2.24) is 0 Å². The number of halogens is 3. The van der Waals surface area contributed by atoms with Gasteiger partial charge in [-0.3, -0.25) is 0 Å². The van der Waals surface area contributed by atoms with Crippen molar-refractivity contribution in [2.75, 3.05) is 7.11 Å². The second-order valence-corrected chi connectivity index (χ2v) is 3.51. The van der Waals surface area contributed by atoms with Gasteiger partial charge in [-0.25, -0.2) is 4.39 Å². The maximum absolute atomic E-state index is 13.5. The lowest BCUT2D eigenvalue weighted by Crippen LogP contribution is -1.93. The molecule has 2 aromatic carbocycles. The molecule has 0 heterocycles. The molecular weight excluding hydrogens is 222 g/mol. The Hall–Kier alpha value is -1.35. The van der Waals surface area contributed by atoms with Crippen LogP contribution in [0.2, 0.25) is 5.02 Å². The molecule has 0 N–H and O–H groups in total. The first-order valence-corrected chi connectivity index (χ1v) is 4.62. The highest BCUT2D eigenvalue weighted by Crippen LogP contribution is 2.29. The summed E-state index contributed by atoms with van der Waals surface area (Å²) in [5.74, 6) is -2.04. The van der Waals surface area contributed by atoms with E-state index in [-0.39, 0.29) is 11.1 Å². The molecule has 2 aromatic rings. The highest BCUT2D eigenvalue weighted by molar-refractivity contribution is 6.31. The molecule has 0 saturated heterocycles. The van der Waals surface area contributed by atoms with E-state index in [0.29, 0.717) is 10.4 Å². The van der Waals surface area contributed by atoms with Crippen LogP contribution in [0.5, 0.6) is 5.75 Å². The normalized spacial score (nSPS) is 10.7. The summed E-state index contributed by atoms with van der Waals surface area (Å²) in [6.07, 6.45) is 0. The van der Waals surface area contributed by atoms with Crippen molar-refractivity contribution in [2.45, 2.75) is 0 Å². The van der Waals surface area contributed by atoms with Crippen molar-refractivity contribution in [1.29, 1.82) is 0 Å². The zero-order chi connectivity index (χ0) is 11.0. The van der Waals surface area contributed by atoms with Gasteiger partial charge in [0, 0.05) is 10.4 Å². The first-order chi connectivity index (χ1) is 7.13. The number of benzene rings is 2. The molecule has 0 radical (unpaired) electrons. The number of rotatable bonds is 1. The maximum atomic E-state index is 13.5. The molecule has 0 spiro atoms. The Bertz CT molecular complexity index is 525. The van der Waals surface area contributed by atoms with Gasteiger partial charge in [-0.2, -0.15) is 4.39 Å². The monoisotopic (exact) mass is 228 g/mol. The fourth-order valence-electron chi connectivity index (χ4n) is 1.42. The Morgan fingerprint density at radius 3 is 2.53 bits per heavy atom. The Morgan fingerprint density at radius 1 is 1.13 bits per heavy atom. The predicted molar refractivity (Wildman–Crippen MR) is 55.4 cm³/mol. The second kappa shape index (κ2) is 3.66. The molecule has 0 fully saturated rings. The highest BCUT2D eigenvalue weighted by atomic mass is 35.5. The Morgan fingerprint density at radius 2 is 1.87 bits per heavy atom. The zero-order valence-electron chi connectivity index (χ0n) is 7.85. The summed E-state index contributed by atoms with van der Waals surface area (Å²) in [4.78, 5) is 0. The van der Waals surface area contributed by atoms with Crippen molar-refractivity contribution in [3.8, 4) is 5.75 Å². The molecule has 0 atom stereocenters. The van der Waals surface area contributed by atoms with Crippen LogP contribution in [0.1, 0.15) is 0 Å². The summed E-state index contributed by atoms with van der Waals surface area (Å²) in [5.41, 5.74) is 0. The molecule has 0 aliphatic heterocycles. The molecule has 15 heavy (non-hydrogen) atoms. The van der Waals surface area contributed by atoms with E-state index in [4.69, 9.17) is 16.3 Å². The minimum atomic E-state index is -0.993. The van der Waals surface area contributed by atoms with Crippen LogP contribution in [0, 0.1) is 11.6 Å². The molecule has 0 amide bonds. The Kier molecular flexibility index (Phi) is 2.49. The maximum Gasteiger partial charge on any atom is 0.201 e. The zero-order valence-corrected chi connectivity index (χ0v) is 8.61. The molecule has 0 bridgehead atoms. The summed E-state index contributed by atoms with van der Waals surface area (Å²) in [7, 11) is 1.29. The van der Waals surface area contributed by atoms with Gasteiger partial charge in [0.1, 0.15) is 0 Å². The minimum Gasteiger partial charge on any atom is -0.494 e. The third-order valence-corrected chi connectivity index (χ3v) is 2.40. The quantitative estimate of drug-likeness (QED) is 0.722. The second-order valence-electron chi connectivity index (χ2n) is 3.07. The Labute approximate surface area is 90.2 Å². The minimum absolute atomic E-state index is 0.109. The van der Waals surface area contributed by atoms with E-state index < -0.39 is 11.6 Å². The fraction of sp³-hybridized carbons (Fsp3) is 0.0909. The molecule has 0 aromatic heterocycles. The van der Waals surface area contributed by atoms with Crippen molar-refractivity contribution in [2.24, 2.45) is 0 Å². The summed E-state index contributed by atoms with van der Waals surface area (Å²) in [5, 5.41) is 1.07. The lowest BCUT2D eigenvalue weighted by atomic mass is 10.1. The van der Waals surface area contributed by atoms with Gasteiger partial charge in [0.15, 0.2) is 11.6 Å². The molecule has 0 unspecified atom stereocenters. The van der Waals surface area contributed by atoms with Crippen molar-refractivity contribution in [3.63, 3.8) is 0 Å². The number of methoxy groups -OCH3 is 1. The average Bonchev–Trinajstić information content (AvgIpc) is 2.24. The summed E-state index contributed by atoms with van der Waals surface area (Å²) < 4.78 is 31.5. The van der Waals surface area contributed by atoms with Gasteiger partial charge >= 0.3 is 0 Å². The standard InChI is InChI=1S/C11H7ClF2O/c1-15-9-4-6-2-3-7(12)5-8(6)10(13)11(9)14/h2-5H,1H3. The topological polar surface area (TPSA) is 9.23 Å². The van der Waals surface area contributed by atoms with Crippen molar-refractivity contribution >= 4 is 22.4 Å². The molecule has 78 valence electrons. The van der Waals surface area contributed by atoms with Gasteiger partial charge in [-0.1, -0.05) is 17.7 Å². The lowest BCUT2D eigenvalue weighted by molar-refractivity contribution is 0.374. The molecular formula is C11H7ClF2O. The smallest absolute Gasteiger partial charge is 0.201 e. The fourth-order valence-corrected chi connectivity index (χ4v) is 1.60. The van der Waals surface area contributed by atoms with Crippen LogP contribution in [0.15, 0.2) is 24.3 Å². The van der Waals surface area contributed by atoms with Gasteiger partial charge in [0.25, 0.3) is 0 Å². The van der Waals surface area contributed by atoms with Crippen LogP contribution in [-0.4, -0.2) is 7.11 Å². The van der Waals surface area contributed by atoms with E-state index in [1.165, 1.54) is 19.2 Å². The van der Waals surface area contributed by atoms with Crippen molar-refractivity contribution < 1.29 is 13.5 Å². The average molecular weight is 229 g/mol. The Balaban J connectivity index is 2.84. The first kappa shape index (κ1) is 10.2. The molecule has 0 saturated carbocycles. The molecule has 0 aliphatic carbocycles. The van der Waals surface area contributed by atoms with Crippen LogP contribution in [-0.2, 0) is 0 Å². The largest absolute Gasteiger partial charge is 0.494 e. The van der Waals surface area contributed by atoms with Crippen LogP contribution >= 0.6 is 11.6 Å². The highest BCUT2D eigenvalue weighted by Gasteiger charge is 2.13. The summed E-state index contributed by atoms with van der Waals surface area (Å²) in [6.45, 7) is 0. The van der Waals surface area contributed by atoms with Crippen LogP contribution < -0.4 is 4.74 Å². The predicted octanol–water partition coefficient (Wildman–Crippen LogP) is 3.78. The van der Waals surface area contributed by atoms with Crippen molar-refractivity contribution in [3.05, 3.63) is 40.9 Å². The molecule has 0 aliphatic rings. The molecule has 4 heteroatoms. The van der Waals surface area contributed by atoms with Gasteiger partial charge in [-0.15, -0.1) is 0 Å². The van der Waals surface area contributed by atoms with Crippen LogP contribution in [0.25, 0.3) is 10.8 Å². The van der Waals surface area contributed by atoms with E-state index in [0.717, 1.165) is 0 Å². The van der Waals surface area contributed by atoms with Crippen LogP contribution in [0.4, 0.5) is 8.78 Å². The van der Waals surface area contributed by atoms with Gasteiger partial charge in [-0.05, 0) is 23.6 Å². The van der Waals surface area contributed by atoms with E-state index in [1.54, 1.807) is 12.1 Å². The van der Waals surface area contributed by atoms with Gasteiger partial charge < -0.3 is 4.74 Å². The molecule has 1 nitrogen and oxygen atoms in total. The van der Waals surface area contributed by atoms with E-state index >= 15 is 0 Å². The third-order valence-electron chi connectivity index (χ3n) is 2.17. The van der Waals surface area contributed by atoms with Crippen LogP contribution in [0.3, 0.4) is 0 Å². The summed E-state index contributed by atoms with van der Waals surface area (Å²) in [6, 6.07) is 6.04. The first-order valence-electron chi connectivity index (χ1n) is 4.24. The van der Waals surface area contributed by atoms with E-state index in [2.05, 4.69) is 0 Å². The third kappa shape index (κ3) is 1.63. The lowest BCUT2D eigenvalue weighted by Gasteiger charge is -2.06.